The Bertz CT molecular complexity index is 1520. The standard InChI is InChI=1S/C27H30N4O6/c1-16-13-19-20(14-17(16)2)31(25-24(28-19)26(35)30-27(36)29-25)11-6-4-3-5-7-23(34)37-12-10-18-8-9-21(32)22(33)15-18/h8-9,13-15,32-33H,3-7,10-12H2,1-2H3,(H,30,35,36). The van der Waals surface area contributed by atoms with Gasteiger partial charge in [-0.25, -0.2) is 9.78 Å². The minimum absolute atomic E-state index is 0.139. The molecular formula is C27H30N4O6. The van der Waals surface area contributed by atoms with Gasteiger partial charge in [-0.15, -0.1) is 0 Å². The van der Waals surface area contributed by atoms with Crippen LogP contribution in [-0.4, -0.2) is 42.3 Å². The lowest BCUT2D eigenvalue weighted by atomic mass is 10.1. The second-order valence-corrected chi connectivity index (χ2v) is 9.19. The number of esters is 1. The average Bonchev–Trinajstić information content (AvgIpc) is 2.84. The maximum absolute atomic E-state index is 12.4. The molecule has 2 aromatic rings. The van der Waals surface area contributed by atoms with Crippen LogP contribution in [0, 0.1) is 13.8 Å². The lowest BCUT2D eigenvalue weighted by Crippen LogP contribution is -2.29. The van der Waals surface area contributed by atoms with Crippen molar-refractivity contribution in [3.8, 4) is 23.0 Å². The SMILES string of the molecule is Cc1cc2nc3c(=O)[nH]c(=O)nc-3n(CCCCCCC(=O)OCCc3ccc(O)c(O)c3)c2cc1C. The molecule has 0 radical (unpaired) electrons. The fourth-order valence-corrected chi connectivity index (χ4v) is 4.25. The van der Waals surface area contributed by atoms with Crippen LogP contribution >= 0.6 is 0 Å². The van der Waals surface area contributed by atoms with E-state index in [0.717, 1.165) is 41.5 Å². The third kappa shape index (κ3) is 6.14. The van der Waals surface area contributed by atoms with Crippen LogP contribution < -0.4 is 11.2 Å². The zero-order valence-electron chi connectivity index (χ0n) is 20.9. The average molecular weight is 507 g/mol. The number of phenolic OH excluding ortho intramolecular Hbond substituents is 2. The van der Waals surface area contributed by atoms with Gasteiger partial charge in [0, 0.05) is 19.4 Å². The predicted octanol–water partition coefficient (Wildman–Crippen LogP) is 3.35. The zero-order chi connectivity index (χ0) is 26.5. The van der Waals surface area contributed by atoms with Gasteiger partial charge in [0.1, 0.15) is 0 Å². The van der Waals surface area contributed by atoms with E-state index in [2.05, 4.69) is 15.0 Å². The zero-order valence-corrected chi connectivity index (χ0v) is 20.9. The molecule has 0 saturated heterocycles. The van der Waals surface area contributed by atoms with Gasteiger partial charge < -0.3 is 19.5 Å². The van der Waals surface area contributed by atoms with Crippen LogP contribution in [0.4, 0.5) is 0 Å². The molecule has 2 aliphatic heterocycles. The van der Waals surface area contributed by atoms with Gasteiger partial charge >= 0.3 is 11.7 Å². The highest BCUT2D eigenvalue weighted by Crippen LogP contribution is 2.26. The number of H-pyrrole nitrogens is 1. The third-order valence-corrected chi connectivity index (χ3v) is 6.43. The Hall–Kier alpha value is -4.21. The first-order chi connectivity index (χ1) is 17.7. The summed E-state index contributed by atoms with van der Waals surface area (Å²) in [5.41, 5.74) is 3.29. The van der Waals surface area contributed by atoms with Crippen LogP contribution in [0.15, 0.2) is 39.9 Å². The Labute approximate surface area is 212 Å². The molecule has 3 N–H and O–H groups in total. The molecule has 0 fully saturated rings. The van der Waals surface area contributed by atoms with Crippen LogP contribution in [0.25, 0.3) is 22.6 Å². The number of hydrogen-bond acceptors (Lipinski definition) is 8. The van der Waals surface area contributed by atoms with E-state index >= 15 is 0 Å². The van der Waals surface area contributed by atoms with Gasteiger partial charge in [-0.3, -0.25) is 14.6 Å². The molecule has 194 valence electrons. The summed E-state index contributed by atoms with van der Waals surface area (Å²) in [6.45, 7) is 4.74. The molecule has 4 rings (SSSR count). The number of hydrogen-bond donors (Lipinski definition) is 3. The van der Waals surface area contributed by atoms with E-state index in [1.807, 2.05) is 30.5 Å². The molecule has 0 bridgehead atoms. The summed E-state index contributed by atoms with van der Waals surface area (Å²) in [6.07, 6.45) is 3.88. The minimum Gasteiger partial charge on any atom is -0.504 e. The number of phenols is 2. The molecule has 0 unspecified atom stereocenters. The van der Waals surface area contributed by atoms with Crippen LogP contribution in [-0.2, 0) is 22.5 Å². The summed E-state index contributed by atoms with van der Waals surface area (Å²) in [6, 6.07) is 8.45. The maximum Gasteiger partial charge on any atom is 0.349 e. The molecule has 0 aromatic heterocycles. The third-order valence-electron chi connectivity index (χ3n) is 6.43. The topological polar surface area (TPSA) is 147 Å². The number of unbranched alkanes of at least 4 members (excludes halogenated alkanes) is 3. The molecule has 0 amide bonds. The monoisotopic (exact) mass is 506 g/mol. The second-order valence-electron chi connectivity index (χ2n) is 9.19. The number of carbonyl (C=O) groups is 1. The minimum atomic E-state index is -0.697. The van der Waals surface area contributed by atoms with Gasteiger partial charge in [-0.05, 0) is 67.6 Å². The van der Waals surface area contributed by atoms with E-state index in [4.69, 9.17) is 4.74 Å². The van der Waals surface area contributed by atoms with Gasteiger partial charge in [-0.2, -0.15) is 4.98 Å². The first-order valence-electron chi connectivity index (χ1n) is 12.3. The molecule has 10 nitrogen and oxygen atoms in total. The maximum atomic E-state index is 12.4. The number of nitrogens with zero attached hydrogens (tertiary/aromatic N) is 3. The summed E-state index contributed by atoms with van der Waals surface area (Å²) >= 11 is 0. The largest absolute Gasteiger partial charge is 0.504 e. The normalized spacial score (nSPS) is 11.3. The van der Waals surface area contributed by atoms with Gasteiger partial charge in [0.25, 0.3) is 5.56 Å². The van der Waals surface area contributed by atoms with Crippen molar-refractivity contribution in [1.29, 1.82) is 0 Å². The summed E-state index contributed by atoms with van der Waals surface area (Å²) in [4.78, 5) is 47.0. The molecule has 37 heavy (non-hydrogen) atoms. The van der Waals surface area contributed by atoms with Crippen molar-refractivity contribution < 1.29 is 19.7 Å². The van der Waals surface area contributed by atoms with Crippen LogP contribution in [0.2, 0.25) is 0 Å². The summed E-state index contributed by atoms with van der Waals surface area (Å²) in [7, 11) is 0. The number of nitrogens with one attached hydrogen (secondary N) is 1. The summed E-state index contributed by atoms with van der Waals surface area (Å²) < 4.78 is 7.15. The number of aromatic amines is 1. The van der Waals surface area contributed by atoms with Crippen molar-refractivity contribution >= 4 is 17.0 Å². The van der Waals surface area contributed by atoms with Crippen molar-refractivity contribution in [2.75, 3.05) is 6.61 Å². The highest BCUT2D eigenvalue weighted by atomic mass is 16.5. The van der Waals surface area contributed by atoms with Crippen LogP contribution in [0.1, 0.15) is 48.8 Å². The summed E-state index contributed by atoms with van der Waals surface area (Å²) in [5.74, 6) is -0.387. The number of ether oxygens (including phenoxy) is 1. The number of rotatable bonds is 10. The van der Waals surface area contributed by atoms with Gasteiger partial charge in [-0.1, -0.05) is 18.9 Å². The van der Waals surface area contributed by atoms with E-state index in [9.17, 15) is 24.6 Å². The molecular weight excluding hydrogens is 476 g/mol. The molecule has 0 aliphatic carbocycles. The van der Waals surface area contributed by atoms with Gasteiger partial charge in [0.2, 0.25) is 0 Å². The van der Waals surface area contributed by atoms with Gasteiger partial charge in [0.05, 0.1) is 17.6 Å². The Morgan fingerprint density at radius 2 is 1.73 bits per heavy atom. The lowest BCUT2D eigenvalue weighted by molar-refractivity contribution is -0.143. The van der Waals surface area contributed by atoms with E-state index in [0.29, 0.717) is 31.3 Å². The van der Waals surface area contributed by atoms with Gasteiger partial charge in [0.15, 0.2) is 23.0 Å². The Morgan fingerprint density at radius 3 is 2.51 bits per heavy atom. The molecule has 0 atom stereocenters. The number of carbonyl (C=O) groups excluding carboxylic acids is 1. The first kappa shape index (κ1) is 25.9. The number of fused-ring (bicyclic) bond motifs is 2. The fraction of sp³-hybridized carbons (Fsp3) is 0.370. The lowest BCUT2D eigenvalue weighted by Gasteiger charge is -2.17. The fourth-order valence-electron chi connectivity index (χ4n) is 4.25. The highest BCUT2D eigenvalue weighted by Gasteiger charge is 2.19. The highest BCUT2D eigenvalue weighted by molar-refractivity contribution is 5.81. The van der Waals surface area contributed by atoms with Crippen LogP contribution in [0.3, 0.4) is 0 Å². The quantitative estimate of drug-likeness (QED) is 0.128. The number of aromatic hydroxyl groups is 2. The van der Waals surface area contributed by atoms with E-state index in [-0.39, 0.29) is 35.6 Å². The van der Waals surface area contributed by atoms with Crippen LogP contribution in [0.5, 0.6) is 11.5 Å². The van der Waals surface area contributed by atoms with Crippen molar-refractivity contribution in [3.63, 3.8) is 0 Å². The second kappa shape index (κ2) is 11.2. The summed E-state index contributed by atoms with van der Waals surface area (Å²) in [5, 5.41) is 18.9. The number of benzene rings is 2. The molecule has 10 heteroatoms. The van der Waals surface area contributed by atoms with Crippen molar-refractivity contribution in [1.82, 2.24) is 19.5 Å². The first-order valence-corrected chi connectivity index (χ1v) is 12.3. The molecule has 0 saturated carbocycles. The smallest absolute Gasteiger partial charge is 0.349 e. The molecule has 2 aromatic carbocycles. The molecule has 2 aliphatic rings. The predicted molar refractivity (Wildman–Crippen MR) is 138 cm³/mol. The van der Waals surface area contributed by atoms with Crippen molar-refractivity contribution in [2.45, 2.75) is 58.9 Å². The molecule has 2 heterocycles. The molecule has 0 spiro atoms. The number of aromatic nitrogens is 4. The van der Waals surface area contributed by atoms with E-state index < -0.39 is 11.2 Å². The van der Waals surface area contributed by atoms with E-state index in [1.54, 1.807) is 6.07 Å². The van der Waals surface area contributed by atoms with E-state index in [1.165, 1.54) is 12.1 Å². The Kier molecular flexibility index (Phi) is 7.86. The Morgan fingerprint density at radius 1 is 0.973 bits per heavy atom. The Balaban J connectivity index is 1.30. The number of aryl methyl sites for hydroxylation is 3. The van der Waals surface area contributed by atoms with Crippen molar-refractivity contribution in [2.24, 2.45) is 0 Å². The van der Waals surface area contributed by atoms with Crippen molar-refractivity contribution in [3.05, 3.63) is 67.9 Å².